The summed E-state index contributed by atoms with van der Waals surface area (Å²) < 4.78 is 26.6. The summed E-state index contributed by atoms with van der Waals surface area (Å²) in [7, 11) is 1.58. The Labute approximate surface area is 229 Å². The van der Waals surface area contributed by atoms with Crippen molar-refractivity contribution < 1.29 is 28.6 Å². The van der Waals surface area contributed by atoms with Gasteiger partial charge in [-0.1, -0.05) is 6.07 Å². The second-order valence-corrected chi connectivity index (χ2v) is 10.3. The quantitative estimate of drug-likeness (QED) is 0.232. The lowest BCUT2D eigenvalue weighted by molar-refractivity contribution is -0.137. The van der Waals surface area contributed by atoms with Crippen LogP contribution in [0.3, 0.4) is 0 Å². The number of aliphatic carboxylic acids is 1. The predicted octanol–water partition coefficient (Wildman–Crippen LogP) is 6.02. The first-order chi connectivity index (χ1) is 18.9. The highest BCUT2D eigenvalue weighted by atomic mass is 32.1. The maximum atomic E-state index is 14.7. The van der Waals surface area contributed by atoms with Gasteiger partial charge in [-0.25, -0.2) is 9.37 Å². The number of nitrogens with two attached hydrogens (primary N) is 1. The van der Waals surface area contributed by atoms with Crippen LogP contribution in [0.1, 0.15) is 37.7 Å². The minimum absolute atomic E-state index is 0.122. The molecule has 0 saturated heterocycles. The molecule has 10 heteroatoms. The number of carbonyl (C=O) groups is 2. The van der Waals surface area contributed by atoms with Crippen molar-refractivity contribution in [2.24, 2.45) is 11.7 Å². The Hall–Kier alpha value is -3.89. The Balaban J connectivity index is 0.000000448. The Bertz CT molecular complexity index is 1440. The van der Waals surface area contributed by atoms with Gasteiger partial charge in [0.1, 0.15) is 11.5 Å². The minimum Gasteiger partial charge on any atom is -0.481 e. The number of methoxy groups -OCH3 is 1. The van der Waals surface area contributed by atoms with Gasteiger partial charge in [0.2, 0.25) is 5.88 Å². The molecule has 3 aromatic heterocycles. The molecule has 0 amide bonds. The number of pyridine rings is 2. The van der Waals surface area contributed by atoms with Crippen molar-refractivity contribution in [1.82, 2.24) is 9.97 Å². The fourth-order valence-corrected chi connectivity index (χ4v) is 4.89. The zero-order valence-electron chi connectivity index (χ0n) is 21.6. The van der Waals surface area contributed by atoms with E-state index in [9.17, 15) is 14.0 Å². The van der Waals surface area contributed by atoms with Crippen LogP contribution in [0.5, 0.6) is 17.4 Å². The van der Waals surface area contributed by atoms with Crippen LogP contribution < -0.4 is 15.2 Å². The summed E-state index contributed by atoms with van der Waals surface area (Å²) in [6, 6.07) is 12.1. The van der Waals surface area contributed by atoms with E-state index in [0.29, 0.717) is 42.5 Å². The summed E-state index contributed by atoms with van der Waals surface area (Å²) >= 11 is 1.50. The van der Waals surface area contributed by atoms with Crippen LogP contribution in [0.2, 0.25) is 0 Å². The van der Waals surface area contributed by atoms with Crippen LogP contribution in [0, 0.1) is 11.7 Å². The molecule has 1 aromatic carbocycles. The van der Waals surface area contributed by atoms with Crippen molar-refractivity contribution in [3.8, 4) is 27.8 Å². The van der Waals surface area contributed by atoms with E-state index in [1.54, 1.807) is 43.8 Å². The van der Waals surface area contributed by atoms with Crippen molar-refractivity contribution in [2.45, 2.75) is 38.5 Å². The van der Waals surface area contributed by atoms with Crippen molar-refractivity contribution in [3.05, 3.63) is 66.2 Å². The Morgan fingerprint density at radius 2 is 1.95 bits per heavy atom. The molecule has 0 spiro atoms. The molecular weight excluding hydrogens is 521 g/mol. The zero-order chi connectivity index (χ0) is 27.8. The number of nitrogens with zero attached hydrogens (tertiary/aromatic N) is 2. The van der Waals surface area contributed by atoms with Gasteiger partial charge in [-0.3, -0.25) is 14.6 Å². The molecular formula is C29H30FN3O5S. The van der Waals surface area contributed by atoms with E-state index in [1.807, 2.05) is 12.1 Å². The van der Waals surface area contributed by atoms with Gasteiger partial charge in [0.25, 0.3) is 0 Å². The zero-order valence-corrected chi connectivity index (χ0v) is 22.4. The number of carbonyl (C=O) groups excluding carboxylic acids is 1. The van der Waals surface area contributed by atoms with E-state index in [4.69, 9.17) is 20.3 Å². The minimum atomic E-state index is -0.773. The van der Waals surface area contributed by atoms with Gasteiger partial charge in [0.15, 0.2) is 11.6 Å². The number of rotatable bonds is 11. The largest absolute Gasteiger partial charge is 0.481 e. The van der Waals surface area contributed by atoms with Crippen LogP contribution in [0.25, 0.3) is 20.7 Å². The van der Waals surface area contributed by atoms with Gasteiger partial charge >= 0.3 is 5.97 Å². The molecule has 0 radical (unpaired) electrons. The van der Waals surface area contributed by atoms with Crippen LogP contribution in [-0.2, 0) is 16.0 Å². The normalized spacial score (nSPS) is 12.5. The van der Waals surface area contributed by atoms with Gasteiger partial charge in [0, 0.05) is 54.2 Å². The molecule has 39 heavy (non-hydrogen) atoms. The van der Waals surface area contributed by atoms with Crippen molar-refractivity contribution in [3.63, 3.8) is 0 Å². The summed E-state index contributed by atoms with van der Waals surface area (Å²) in [6.45, 7) is 0.465. The lowest BCUT2D eigenvalue weighted by atomic mass is 10.0. The van der Waals surface area contributed by atoms with E-state index >= 15 is 0 Å². The average Bonchev–Trinajstić information content (AvgIpc) is 3.62. The maximum absolute atomic E-state index is 14.7. The molecule has 4 aromatic rings. The van der Waals surface area contributed by atoms with Crippen molar-refractivity contribution >= 4 is 33.3 Å². The van der Waals surface area contributed by atoms with Gasteiger partial charge in [-0.2, -0.15) is 0 Å². The number of carboxylic acids is 1. The van der Waals surface area contributed by atoms with Crippen LogP contribution in [-0.4, -0.2) is 40.5 Å². The summed E-state index contributed by atoms with van der Waals surface area (Å²) in [5, 5.41) is 7.99. The molecule has 0 atom stereocenters. The number of hydrogen-bond donors (Lipinski definition) is 2. The third-order valence-corrected chi connectivity index (χ3v) is 7.22. The molecule has 1 aliphatic rings. The number of aromatic nitrogens is 2. The van der Waals surface area contributed by atoms with E-state index in [0.717, 1.165) is 33.5 Å². The molecule has 3 N–H and O–H groups in total. The second-order valence-electron chi connectivity index (χ2n) is 9.24. The molecule has 1 fully saturated rings. The first-order valence-electron chi connectivity index (χ1n) is 12.6. The first kappa shape index (κ1) is 28.1. The lowest BCUT2D eigenvalue weighted by Gasteiger charge is -2.09. The summed E-state index contributed by atoms with van der Waals surface area (Å²) in [5.74, 6) is 0.642. The highest BCUT2D eigenvalue weighted by Crippen LogP contribution is 2.39. The molecule has 5 rings (SSSR count). The van der Waals surface area contributed by atoms with Gasteiger partial charge in [-0.15, -0.1) is 11.3 Å². The lowest BCUT2D eigenvalue weighted by Crippen LogP contribution is -2.04. The topological polar surface area (TPSA) is 125 Å². The van der Waals surface area contributed by atoms with Gasteiger partial charge < -0.3 is 20.3 Å². The van der Waals surface area contributed by atoms with Gasteiger partial charge in [-0.05, 0) is 61.6 Å². The van der Waals surface area contributed by atoms with Crippen molar-refractivity contribution in [1.29, 1.82) is 0 Å². The number of ether oxygens (including phenoxy) is 2. The van der Waals surface area contributed by atoms with Gasteiger partial charge in [0.05, 0.1) is 17.3 Å². The molecule has 3 heterocycles. The molecule has 0 bridgehead atoms. The third kappa shape index (κ3) is 8.05. The van der Waals surface area contributed by atoms with E-state index < -0.39 is 11.8 Å². The Morgan fingerprint density at radius 1 is 1.13 bits per heavy atom. The molecule has 1 saturated carbocycles. The first-order valence-corrected chi connectivity index (χ1v) is 13.5. The number of ketones is 1. The molecule has 1 aliphatic carbocycles. The summed E-state index contributed by atoms with van der Waals surface area (Å²) in [4.78, 5) is 31.4. The van der Waals surface area contributed by atoms with Crippen LogP contribution in [0.15, 0.2) is 54.9 Å². The van der Waals surface area contributed by atoms with Crippen LogP contribution in [0.4, 0.5) is 4.39 Å². The molecule has 0 aliphatic heterocycles. The highest BCUT2D eigenvalue weighted by Gasteiger charge is 2.24. The molecule has 204 valence electrons. The SMILES string of the molecule is COc1ccc(-c2cc3nccc(Oc4ccc(CC(=O)CC5CC5)cc4F)c3s2)cn1.NCCCC(=O)O. The Morgan fingerprint density at radius 3 is 2.56 bits per heavy atom. The number of benzene rings is 1. The monoisotopic (exact) mass is 551 g/mol. The Kier molecular flexibility index (Phi) is 9.56. The van der Waals surface area contributed by atoms with E-state index in [2.05, 4.69) is 9.97 Å². The van der Waals surface area contributed by atoms with Crippen LogP contribution >= 0.6 is 11.3 Å². The highest BCUT2D eigenvalue weighted by molar-refractivity contribution is 7.22. The summed E-state index contributed by atoms with van der Waals surface area (Å²) in [6.07, 6.45) is 7.28. The van der Waals surface area contributed by atoms with Crippen molar-refractivity contribution in [2.75, 3.05) is 13.7 Å². The smallest absolute Gasteiger partial charge is 0.303 e. The van der Waals surface area contributed by atoms with E-state index in [1.165, 1.54) is 17.4 Å². The number of carboxylic acid groups (broad SMARTS) is 1. The maximum Gasteiger partial charge on any atom is 0.303 e. The number of thiophene rings is 1. The summed E-state index contributed by atoms with van der Waals surface area (Å²) in [5.41, 5.74) is 7.39. The number of halogens is 1. The molecule has 8 nitrogen and oxygen atoms in total. The number of hydrogen-bond acceptors (Lipinski definition) is 8. The number of fused-ring (bicyclic) bond motifs is 1. The van der Waals surface area contributed by atoms with E-state index in [-0.39, 0.29) is 24.4 Å². The number of Topliss-reactive ketones (excluding diaryl/α,β-unsaturated/α-hetero) is 1. The standard InChI is InChI=1S/C25H21FN2O3S.C4H9NO2/c1-30-24-7-5-17(14-28-24)23-13-20-25(32-23)22(8-9-27-20)31-21-6-4-16(12-19(21)26)11-18(29)10-15-2-3-15;5-3-1-2-4(6)7/h4-9,12-15H,2-3,10-11H2,1H3;1-3,5H2,(H,6,7). The second kappa shape index (κ2) is 13.3. The predicted molar refractivity (Wildman–Crippen MR) is 148 cm³/mol. The average molecular weight is 552 g/mol. The fourth-order valence-electron chi connectivity index (χ4n) is 3.84. The fraction of sp³-hybridized carbons (Fsp3) is 0.310. The third-order valence-electron chi connectivity index (χ3n) is 6.03. The molecule has 0 unspecified atom stereocenters.